The first kappa shape index (κ1) is 19.9. The second-order valence-electron chi connectivity index (χ2n) is 5.03. The fraction of sp³-hybridized carbons (Fsp3) is 0.235. The minimum Gasteiger partial charge on any atom is -0.467 e. The van der Waals surface area contributed by atoms with Gasteiger partial charge in [-0.3, -0.25) is 10.1 Å². The fourth-order valence-corrected chi connectivity index (χ4v) is 2.06. The lowest BCUT2D eigenvalue weighted by Crippen LogP contribution is -2.05. The molecule has 0 aliphatic carbocycles. The van der Waals surface area contributed by atoms with Crippen LogP contribution >= 0.6 is 0 Å². The van der Waals surface area contributed by atoms with Gasteiger partial charge in [-0.2, -0.15) is 0 Å². The van der Waals surface area contributed by atoms with Crippen molar-refractivity contribution in [3.8, 4) is 23.0 Å². The van der Waals surface area contributed by atoms with E-state index in [9.17, 15) is 10.1 Å². The van der Waals surface area contributed by atoms with E-state index in [1.54, 1.807) is 6.07 Å². The average Bonchev–Trinajstić information content (AvgIpc) is 2.67. The first-order chi connectivity index (χ1) is 13.1. The van der Waals surface area contributed by atoms with Crippen molar-refractivity contribution < 1.29 is 33.8 Å². The molecule has 2 aromatic rings. The third-order valence-electron chi connectivity index (χ3n) is 3.22. The van der Waals surface area contributed by atoms with Crippen molar-refractivity contribution in [1.29, 1.82) is 0 Å². The smallest absolute Gasteiger partial charge is 0.269 e. The second-order valence-corrected chi connectivity index (χ2v) is 5.03. The van der Waals surface area contributed by atoms with Gasteiger partial charge in [0.2, 0.25) is 0 Å². The van der Waals surface area contributed by atoms with Crippen LogP contribution in [0.2, 0.25) is 0 Å². The predicted molar refractivity (Wildman–Crippen MR) is 94.0 cm³/mol. The Labute approximate surface area is 154 Å². The Morgan fingerprint density at radius 2 is 1.67 bits per heavy atom. The van der Waals surface area contributed by atoms with Crippen molar-refractivity contribution in [2.24, 2.45) is 5.16 Å². The number of rotatable bonds is 10. The summed E-state index contributed by atoms with van der Waals surface area (Å²) in [5.41, 5.74) is 0.249. The van der Waals surface area contributed by atoms with Crippen LogP contribution in [-0.2, 0) is 9.47 Å². The standard InChI is InChI=1S/C17H18N2O8/c1-23-10-25-14-7-16(26-11-24-2)15(9-18-20)17(8-14)27-13-5-3-12(4-6-13)19(21)22/h3-9,20H,10-11H2,1-2H3/b18-9+. The molecule has 0 aromatic heterocycles. The average molecular weight is 378 g/mol. The Balaban J connectivity index is 2.41. The van der Waals surface area contributed by atoms with E-state index in [4.69, 9.17) is 28.9 Å². The molecule has 0 atom stereocenters. The predicted octanol–water partition coefficient (Wildman–Crippen LogP) is 3.16. The SMILES string of the molecule is COCOc1cc(OCOC)c(/C=N/O)c(Oc2ccc([N+](=O)[O-])cc2)c1. The first-order valence-corrected chi connectivity index (χ1v) is 7.60. The summed E-state index contributed by atoms with van der Waals surface area (Å²) in [6.07, 6.45) is 1.13. The topological polar surface area (TPSA) is 122 Å². The van der Waals surface area contributed by atoms with E-state index in [1.165, 1.54) is 44.6 Å². The summed E-state index contributed by atoms with van der Waals surface area (Å²) in [7, 11) is 2.93. The minimum absolute atomic E-state index is 0.00583. The van der Waals surface area contributed by atoms with E-state index in [0.717, 1.165) is 6.21 Å². The minimum atomic E-state index is -0.510. The van der Waals surface area contributed by atoms with E-state index in [1.807, 2.05) is 0 Å². The highest BCUT2D eigenvalue weighted by atomic mass is 16.7. The van der Waals surface area contributed by atoms with Gasteiger partial charge < -0.3 is 28.9 Å². The molecule has 27 heavy (non-hydrogen) atoms. The summed E-state index contributed by atoms with van der Waals surface area (Å²) in [5.74, 6) is 1.21. The summed E-state index contributed by atoms with van der Waals surface area (Å²) in [5, 5.41) is 22.8. The third-order valence-corrected chi connectivity index (χ3v) is 3.22. The molecule has 0 spiro atoms. The quantitative estimate of drug-likeness (QED) is 0.220. The van der Waals surface area contributed by atoms with Gasteiger partial charge in [0.05, 0.1) is 16.7 Å². The maximum Gasteiger partial charge on any atom is 0.269 e. The maximum absolute atomic E-state index is 10.8. The molecule has 2 aromatic carbocycles. The molecule has 0 fully saturated rings. The van der Waals surface area contributed by atoms with Gasteiger partial charge in [0.15, 0.2) is 13.6 Å². The Bertz CT molecular complexity index is 792. The van der Waals surface area contributed by atoms with E-state index in [-0.39, 0.29) is 30.8 Å². The van der Waals surface area contributed by atoms with Crippen molar-refractivity contribution in [2.45, 2.75) is 0 Å². The van der Waals surface area contributed by atoms with Crippen LogP contribution in [0.15, 0.2) is 41.6 Å². The molecule has 0 radical (unpaired) electrons. The molecule has 1 N–H and O–H groups in total. The van der Waals surface area contributed by atoms with E-state index in [0.29, 0.717) is 17.1 Å². The highest BCUT2D eigenvalue weighted by Crippen LogP contribution is 2.36. The highest BCUT2D eigenvalue weighted by Gasteiger charge is 2.15. The molecule has 0 aliphatic rings. The summed E-state index contributed by atoms with van der Waals surface area (Å²) in [6, 6.07) is 8.59. The normalized spacial score (nSPS) is 10.7. The molecule has 2 rings (SSSR count). The molecule has 0 heterocycles. The molecule has 0 bridgehead atoms. The number of hydrogen-bond acceptors (Lipinski definition) is 9. The Kier molecular flexibility index (Phi) is 7.35. The second kappa shape index (κ2) is 9.94. The number of hydrogen-bond donors (Lipinski definition) is 1. The molecule has 0 saturated carbocycles. The molecule has 0 aliphatic heterocycles. The summed E-state index contributed by atoms with van der Waals surface area (Å²) in [4.78, 5) is 10.3. The molecule has 144 valence electrons. The van der Waals surface area contributed by atoms with Crippen LogP contribution in [0.5, 0.6) is 23.0 Å². The van der Waals surface area contributed by atoms with Gasteiger partial charge in [0, 0.05) is 38.5 Å². The van der Waals surface area contributed by atoms with E-state index >= 15 is 0 Å². The lowest BCUT2D eigenvalue weighted by Gasteiger charge is -2.15. The van der Waals surface area contributed by atoms with Gasteiger partial charge in [-0.15, -0.1) is 0 Å². The largest absolute Gasteiger partial charge is 0.467 e. The van der Waals surface area contributed by atoms with Crippen molar-refractivity contribution in [2.75, 3.05) is 27.8 Å². The van der Waals surface area contributed by atoms with Gasteiger partial charge in [-0.25, -0.2) is 0 Å². The maximum atomic E-state index is 10.8. The van der Waals surface area contributed by atoms with Crippen LogP contribution < -0.4 is 14.2 Å². The van der Waals surface area contributed by atoms with Gasteiger partial charge >= 0.3 is 0 Å². The zero-order valence-corrected chi connectivity index (χ0v) is 14.7. The highest BCUT2D eigenvalue weighted by molar-refractivity contribution is 5.88. The van der Waals surface area contributed by atoms with Crippen LogP contribution in [0.4, 0.5) is 5.69 Å². The molecule has 0 amide bonds. The van der Waals surface area contributed by atoms with Crippen molar-refractivity contribution in [3.05, 3.63) is 52.1 Å². The summed E-state index contributed by atoms with van der Waals surface area (Å²) in [6.45, 7) is -0.0644. The van der Waals surface area contributed by atoms with Gasteiger partial charge in [-0.05, 0) is 12.1 Å². The van der Waals surface area contributed by atoms with Crippen molar-refractivity contribution >= 4 is 11.9 Å². The van der Waals surface area contributed by atoms with Crippen LogP contribution in [-0.4, -0.2) is 44.2 Å². The van der Waals surface area contributed by atoms with E-state index in [2.05, 4.69) is 5.16 Å². The number of nitro benzene ring substituents is 1. The Morgan fingerprint density at radius 1 is 1.04 bits per heavy atom. The first-order valence-electron chi connectivity index (χ1n) is 7.60. The number of nitro groups is 1. The Morgan fingerprint density at radius 3 is 2.26 bits per heavy atom. The Hall–Kier alpha value is -3.37. The lowest BCUT2D eigenvalue weighted by atomic mass is 10.1. The van der Waals surface area contributed by atoms with Crippen molar-refractivity contribution in [3.63, 3.8) is 0 Å². The summed E-state index contributed by atoms with van der Waals surface area (Å²) < 4.78 is 26.4. The number of non-ortho nitro benzene ring substituents is 1. The summed E-state index contributed by atoms with van der Waals surface area (Å²) >= 11 is 0. The van der Waals surface area contributed by atoms with Crippen molar-refractivity contribution in [1.82, 2.24) is 0 Å². The van der Waals surface area contributed by atoms with Gasteiger partial charge in [-0.1, -0.05) is 5.16 Å². The number of methoxy groups -OCH3 is 2. The fourth-order valence-electron chi connectivity index (χ4n) is 2.06. The number of ether oxygens (including phenoxy) is 5. The van der Waals surface area contributed by atoms with E-state index < -0.39 is 4.92 Å². The van der Waals surface area contributed by atoms with Crippen LogP contribution in [0.1, 0.15) is 5.56 Å². The van der Waals surface area contributed by atoms with Gasteiger partial charge in [0.25, 0.3) is 5.69 Å². The molecule has 10 nitrogen and oxygen atoms in total. The van der Waals surface area contributed by atoms with Crippen LogP contribution in [0.3, 0.4) is 0 Å². The number of nitrogens with zero attached hydrogens (tertiary/aromatic N) is 2. The lowest BCUT2D eigenvalue weighted by molar-refractivity contribution is -0.384. The number of benzene rings is 2. The third kappa shape index (κ3) is 5.56. The zero-order chi connectivity index (χ0) is 19.6. The monoisotopic (exact) mass is 378 g/mol. The number of oxime groups is 1. The molecule has 10 heteroatoms. The molecular formula is C17H18N2O8. The molecule has 0 unspecified atom stereocenters. The zero-order valence-electron chi connectivity index (χ0n) is 14.7. The molecule has 0 saturated heterocycles. The van der Waals surface area contributed by atoms with Gasteiger partial charge in [0.1, 0.15) is 23.0 Å². The molecular weight excluding hydrogens is 360 g/mol. The van der Waals surface area contributed by atoms with Crippen LogP contribution in [0.25, 0.3) is 0 Å². The van der Waals surface area contributed by atoms with Crippen LogP contribution in [0, 0.1) is 10.1 Å².